The smallest absolute Gasteiger partial charge is 0.128 e. The Balaban J connectivity index is 1.67. The Kier molecular flexibility index (Phi) is 4.53. The third kappa shape index (κ3) is 3.26. The Morgan fingerprint density at radius 3 is 2.57 bits per heavy atom. The number of aromatic nitrogens is 1. The number of thiophene rings is 1. The van der Waals surface area contributed by atoms with Gasteiger partial charge in [0.2, 0.25) is 0 Å². The van der Waals surface area contributed by atoms with Gasteiger partial charge in [-0.25, -0.2) is 4.98 Å². The zero-order valence-corrected chi connectivity index (χ0v) is 13.2. The predicted octanol–water partition coefficient (Wildman–Crippen LogP) is 2.35. The van der Waals surface area contributed by atoms with Gasteiger partial charge in [-0.2, -0.15) is 11.3 Å². The number of hydrogen-bond donors (Lipinski definition) is 1. The largest absolute Gasteiger partial charge is 0.354 e. The molecule has 2 unspecified atom stereocenters. The number of hydrogen-bond acceptors (Lipinski definition) is 5. The fourth-order valence-electron chi connectivity index (χ4n) is 3.06. The van der Waals surface area contributed by atoms with Gasteiger partial charge in [-0.05, 0) is 41.4 Å². The molecule has 4 nitrogen and oxygen atoms in total. The van der Waals surface area contributed by atoms with Crippen LogP contribution in [0.3, 0.4) is 0 Å². The Morgan fingerprint density at radius 2 is 2.00 bits per heavy atom. The second kappa shape index (κ2) is 6.56. The van der Waals surface area contributed by atoms with Crippen LogP contribution in [0.15, 0.2) is 41.2 Å². The van der Waals surface area contributed by atoms with Crippen molar-refractivity contribution in [3.63, 3.8) is 0 Å². The summed E-state index contributed by atoms with van der Waals surface area (Å²) in [5.41, 5.74) is 7.59. The summed E-state index contributed by atoms with van der Waals surface area (Å²) in [6.07, 6.45) is 1.86. The van der Waals surface area contributed by atoms with E-state index in [4.69, 9.17) is 5.73 Å². The monoisotopic (exact) mass is 302 g/mol. The standard InChI is InChI=1S/C16H22N4S/c1-13(17)16(14-5-11-21-12-14)20-9-7-19(8-10-20)15-4-2-3-6-18-15/h2-6,11-13,16H,7-10,17H2,1H3. The molecule has 0 radical (unpaired) electrons. The molecule has 0 aromatic carbocycles. The molecule has 1 saturated heterocycles. The van der Waals surface area contributed by atoms with Crippen LogP contribution in [0.2, 0.25) is 0 Å². The molecule has 21 heavy (non-hydrogen) atoms. The summed E-state index contributed by atoms with van der Waals surface area (Å²) in [6, 6.07) is 8.75. The number of rotatable bonds is 4. The number of pyridine rings is 1. The van der Waals surface area contributed by atoms with Gasteiger partial charge >= 0.3 is 0 Å². The van der Waals surface area contributed by atoms with Gasteiger partial charge in [0.1, 0.15) is 5.82 Å². The Morgan fingerprint density at radius 1 is 1.19 bits per heavy atom. The Labute approximate surface area is 130 Å². The normalized spacial score (nSPS) is 19.4. The van der Waals surface area contributed by atoms with E-state index in [0.717, 1.165) is 32.0 Å². The van der Waals surface area contributed by atoms with E-state index in [9.17, 15) is 0 Å². The van der Waals surface area contributed by atoms with E-state index < -0.39 is 0 Å². The van der Waals surface area contributed by atoms with Crippen molar-refractivity contribution in [2.45, 2.75) is 19.0 Å². The molecule has 0 bridgehead atoms. The summed E-state index contributed by atoms with van der Waals surface area (Å²) in [6.45, 7) is 6.17. The van der Waals surface area contributed by atoms with Gasteiger partial charge in [0, 0.05) is 38.4 Å². The van der Waals surface area contributed by atoms with Gasteiger partial charge in [0.15, 0.2) is 0 Å². The first kappa shape index (κ1) is 14.5. The molecule has 0 saturated carbocycles. The number of nitrogens with two attached hydrogens (primary N) is 1. The Hall–Kier alpha value is -1.43. The highest BCUT2D eigenvalue weighted by Crippen LogP contribution is 2.27. The van der Waals surface area contributed by atoms with Crippen molar-refractivity contribution in [3.8, 4) is 0 Å². The molecular formula is C16H22N4S. The van der Waals surface area contributed by atoms with Crippen molar-refractivity contribution in [2.24, 2.45) is 5.73 Å². The first-order chi connectivity index (χ1) is 10.3. The van der Waals surface area contributed by atoms with E-state index in [2.05, 4.69) is 44.6 Å². The van der Waals surface area contributed by atoms with E-state index in [0.29, 0.717) is 6.04 Å². The molecule has 1 aliphatic heterocycles. The third-order valence-electron chi connectivity index (χ3n) is 4.06. The van der Waals surface area contributed by atoms with Crippen LogP contribution in [0.25, 0.3) is 0 Å². The maximum Gasteiger partial charge on any atom is 0.128 e. The van der Waals surface area contributed by atoms with Crippen LogP contribution in [0.4, 0.5) is 5.82 Å². The van der Waals surface area contributed by atoms with Crippen molar-refractivity contribution in [2.75, 3.05) is 31.1 Å². The van der Waals surface area contributed by atoms with Gasteiger partial charge in [-0.1, -0.05) is 6.07 Å². The molecule has 3 heterocycles. The molecule has 1 fully saturated rings. The topological polar surface area (TPSA) is 45.4 Å². The maximum atomic E-state index is 6.24. The van der Waals surface area contributed by atoms with Crippen molar-refractivity contribution in [3.05, 3.63) is 46.8 Å². The SMILES string of the molecule is CC(N)C(c1ccsc1)N1CCN(c2ccccn2)CC1. The van der Waals surface area contributed by atoms with Gasteiger partial charge in [0.25, 0.3) is 0 Å². The lowest BCUT2D eigenvalue weighted by Crippen LogP contribution is -2.51. The summed E-state index contributed by atoms with van der Waals surface area (Å²) in [7, 11) is 0. The molecule has 112 valence electrons. The van der Waals surface area contributed by atoms with Gasteiger partial charge in [-0.3, -0.25) is 4.90 Å². The van der Waals surface area contributed by atoms with E-state index in [-0.39, 0.29) is 6.04 Å². The van der Waals surface area contributed by atoms with Crippen molar-refractivity contribution in [1.82, 2.24) is 9.88 Å². The van der Waals surface area contributed by atoms with Crippen molar-refractivity contribution in [1.29, 1.82) is 0 Å². The lowest BCUT2D eigenvalue weighted by atomic mass is 10.0. The average molecular weight is 302 g/mol. The minimum absolute atomic E-state index is 0.140. The number of piperazine rings is 1. The van der Waals surface area contributed by atoms with Crippen LogP contribution >= 0.6 is 11.3 Å². The molecule has 2 aromatic rings. The molecule has 5 heteroatoms. The van der Waals surface area contributed by atoms with Crippen LogP contribution in [-0.2, 0) is 0 Å². The van der Waals surface area contributed by atoms with Crippen molar-refractivity contribution >= 4 is 17.2 Å². The lowest BCUT2D eigenvalue weighted by Gasteiger charge is -2.41. The second-order valence-corrected chi connectivity index (χ2v) is 6.35. The highest BCUT2D eigenvalue weighted by atomic mass is 32.1. The molecule has 2 aromatic heterocycles. The van der Waals surface area contributed by atoms with Gasteiger partial charge in [0.05, 0.1) is 6.04 Å². The first-order valence-electron chi connectivity index (χ1n) is 7.43. The molecule has 0 amide bonds. The highest BCUT2D eigenvalue weighted by molar-refractivity contribution is 7.07. The van der Waals surface area contributed by atoms with Crippen LogP contribution in [0.5, 0.6) is 0 Å². The van der Waals surface area contributed by atoms with Crippen LogP contribution < -0.4 is 10.6 Å². The lowest BCUT2D eigenvalue weighted by molar-refractivity contribution is 0.166. The summed E-state index contributed by atoms with van der Waals surface area (Å²) in [5.74, 6) is 1.07. The zero-order chi connectivity index (χ0) is 14.7. The first-order valence-corrected chi connectivity index (χ1v) is 8.37. The van der Waals surface area contributed by atoms with Gasteiger partial charge < -0.3 is 10.6 Å². The fraction of sp³-hybridized carbons (Fsp3) is 0.438. The van der Waals surface area contributed by atoms with Gasteiger partial charge in [-0.15, -0.1) is 0 Å². The summed E-state index contributed by atoms with van der Waals surface area (Å²) >= 11 is 1.74. The average Bonchev–Trinajstić information content (AvgIpc) is 3.03. The van der Waals surface area contributed by atoms with E-state index in [1.807, 2.05) is 18.3 Å². The summed E-state index contributed by atoms with van der Waals surface area (Å²) in [4.78, 5) is 9.30. The van der Waals surface area contributed by atoms with Crippen molar-refractivity contribution < 1.29 is 0 Å². The van der Waals surface area contributed by atoms with Crippen LogP contribution in [0, 0.1) is 0 Å². The summed E-state index contributed by atoms with van der Waals surface area (Å²) in [5, 5.41) is 4.36. The highest BCUT2D eigenvalue weighted by Gasteiger charge is 2.28. The molecule has 0 spiro atoms. The predicted molar refractivity (Wildman–Crippen MR) is 88.7 cm³/mol. The molecule has 2 N–H and O–H groups in total. The third-order valence-corrected chi connectivity index (χ3v) is 4.77. The molecule has 0 aliphatic carbocycles. The number of nitrogens with zero attached hydrogens (tertiary/aromatic N) is 3. The molecular weight excluding hydrogens is 280 g/mol. The summed E-state index contributed by atoms with van der Waals surface area (Å²) < 4.78 is 0. The van der Waals surface area contributed by atoms with E-state index in [1.165, 1.54) is 5.56 Å². The van der Waals surface area contributed by atoms with E-state index >= 15 is 0 Å². The van der Waals surface area contributed by atoms with E-state index in [1.54, 1.807) is 11.3 Å². The zero-order valence-electron chi connectivity index (χ0n) is 12.4. The van der Waals surface area contributed by atoms with Crippen LogP contribution in [-0.4, -0.2) is 42.1 Å². The molecule has 2 atom stereocenters. The van der Waals surface area contributed by atoms with Crippen LogP contribution in [0.1, 0.15) is 18.5 Å². The quantitative estimate of drug-likeness (QED) is 0.942. The maximum absolute atomic E-state index is 6.24. The fourth-order valence-corrected chi connectivity index (χ4v) is 3.75. The minimum Gasteiger partial charge on any atom is -0.354 e. The molecule has 3 rings (SSSR count). The Bertz CT molecular complexity index is 533. The number of anilines is 1. The second-order valence-electron chi connectivity index (χ2n) is 5.57. The molecule has 1 aliphatic rings. The minimum atomic E-state index is 0.140.